The molecule has 0 radical (unpaired) electrons. The summed E-state index contributed by atoms with van der Waals surface area (Å²) >= 11 is 5.74. The third-order valence-corrected chi connectivity index (χ3v) is 3.96. The highest BCUT2D eigenvalue weighted by atomic mass is 35.5. The topological polar surface area (TPSA) is 41.6 Å². The van der Waals surface area contributed by atoms with Crippen molar-refractivity contribution in [3.8, 4) is 17.2 Å². The maximum atomic E-state index is 13.7. The Balaban J connectivity index is 2.35. The van der Waals surface area contributed by atoms with E-state index in [2.05, 4.69) is 4.98 Å². The van der Waals surface area contributed by atoms with Gasteiger partial charge in [0.15, 0.2) is 0 Å². The summed E-state index contributed by atoms with van der Waals surface area (Å²) in [6.07, 6.45) is 0. The molecule has 0 spiro atoms. The summed E-state index contributed by atoms with van der Waals surface area (Å²) in [5.74, 6) is -0.452. The number of rotatable bonds is 1. The van der Waals surface area contributed by atoms with Crippen LogP contribution in [0.25, 0.3) is 22.2 Å². The van der Waals surface area contributed by atoms with E-state index in [1.54, 1.807) is 18.2 Å². The lowest BCUT2D eigenvalue weighted by molar-refractivity contribution is 0.629. The first kappa shape index (κ1) is 13.6. The van der Waals surface area contributed by atoms with Crippen molar-refractivity contribution in [1.29, 1.82) is 5.26 Å². The molecule has 0 N–H and O–H groups in total. The first-order chi connectivity index (χ1) is 10.0. The highest BCUT2D eigenvalue weighted by molar-refractivity contribution is 6.30. The van der Waals surface area contributed by atoms with Crippen molar-refractivity contribution in [2.75, 3.05) is 0 Å². The molecule has 0 amide bonds. The molecule has 0 aliphatic carbocycles. The number of hydrogen-bond donors (Lipinski definition) is 0. The van der Waals surface area contributed by atoms with E-state index in [1.807, 2.05) is 30.7 Å². The zero-order chi connectivity index (χ0) is 15.1. The Kier molecular flexibility index (Phi) is 3.15. The molecule has 104 valence electrons. The molecule has 21 heavy (non-hydrogen) atoms. The molecular formula is C16H11ClFN3. The van der Waals surface area contributed by atoms with E-state index < -0.39 is 5.82 Å². The average molecular weight is 300 g/mol. The molecule has 5 heteroatoms. The molecular weight excluding hydrogens is 289 g/mol. The Bertz CT molecular complexity index is 906. The highest BCUT2D eigenvalue weighted by Gasteiger charge is 2.16. The first-order valence-electron chi connectivity index (χ1n) is 6.34. The molecule has 0 fully saturated rings. The quantitative estimate of drug-likeness (QED) is 0.675. The molecule has 0 aliphatic heterocycles. The van der Waals surface area contributed by atoms with Crippen molar-refractivity contribution in [2.24, 2.45) is 7.05 Å². The largest absolute Gasteiger partial charge is 0.332 e. The van der Waals surface area contributed by atoms with E-state index >= 15 is 0 Å². The van der Waals surface area contributed by atoms with Crippen LogP contribution in [0.2, 0.25) is 5.02 Å². The molecule has 0 bridgehead atoms. The maximum absolute atomic E-state index is 13.7. The van der Waals surface area contributed by atoms with Crippen molar-refractivity contribution in [2.45, 2.75) is 6.92 Å². The van der Waals surface area contributed by atoms with Gasteiger partial charge in [0.25, 0.3) is 0 Å². The molecule has 2 aromatic heterocycles. The molecule has 0 aliphatic rings. The van der Waals surface area contributed by atoms with Crippen molar-refractivity contribution >= 4 is 22.6 Å². The van der Waals surface area contributed by atoms with Gasteiger partial charge in [0.1, 0.15) is 23.2 Å². The Morgan fingerprint density at radius 3 is 2.71 bits per heavy atom. The third-order valence-electron chi connectivity index (χ3n) is 3.65. The Labute approximate surface area is 126 Å². The van der Waals surface area contributed by atoms with Crippen LogP contribution in [0.1, 0.15) is 11.4 Å². The number of nitriles is 1. The van der Waals surface area contributed by atoms with Crippen LogP contribution in [0, 0.1) is 24.1 Å². The second-order valence-electron chi connectivity index (χ2n) is 4.83. The van der Waals surface area contributed by atoms with Crippen LogP contribution in [-0.2, 0) is 7.05 Å². The fourth-order valence-corrected chi connectivity index (χ4v) is 2.62. The average Bonchev–Trinajstić information content (AvgIpc) is 2.74. The Hall–Kier alpha value is -2.38. The first-order valence-corrected chi connectivity index (χ1v) is 6.72. The molecule has 0 saturated heterocycles. The van der Waals surface area contributed by atoms with Crippen LogP contribution in [0.3, 0.4) is 0 Å². The summed E-state index contributed by atoms with van der Waals surface area (Å²) in [5, 5.41) is 9.95. The smallest absolute Gasteiger partial charge is 0.142 e. The van der Waals surface area contributed by atoms with Gasteiger partial charge in [0.05, 0.1) is 5.02 Å². The van der Waals surface area contributed by atoms with Gasteiger partial charge in [-0.3, -0.25) is 0 Å². The van der Waals surface area contributed by atoms with Crippen LogP contribution in [-0.4, -0.2) is 9.55 Å². The van der Waals surface area contributed by atoms with Gasteiger partial charge in [-0.15, -0.1) is 0 Å². The van der Waals surface area contributed by atoms with Gasteiger partial charge in [-0.25, -0.2) is 9.37 Å². The van der Waals surface area contributed by atoms with Gasteiger partial charge in [0, 0.05) is 23.7 Å². The standard InChI is InChI=1S/C16H11ClFN3/c1-9-15(10-3-6-13(17)14(18)7-10)12-5-4-11(8-19)20-16(12)21(9)2/h3-7H,1-2H3. The van der Waals surface area contributed by atoms with Gasteiger partial charge in [-0.05, 0) is 36.8 Å². The normalized spacial score (nSPS) is 10.8. The van der Waals surface area contributed by atoms with Crippen molar-refractivity contribution in [3.05, 3.63) is 52.6 Å². The molecule has 0 atom stereocenters. The van der Waals surface area contributed by atoms with Gasteiger partial charge in [0.2, 0.25) is 0 Å². The number of halogens is 2. The number of pyridine rings is 1. The third kappa shape index (κ3) is 2.07. The minimum absolute atomic E-state index is 0.0986. The minimum atomic E-state index is -0.452. The number of aromatic nitrogens is 2. The summed E-state index contributed by atoms with van der Waals surface area (Å²) in [4.78, 5) is 4.32. The summed E-state index contributed by atoms with van der Waals surface area (Å²) < 4.78 is 15.6. The second-order valence-corrected chi connectivity index (χ2v) is 5.23. The van der Waals surface area contributed by atoms with Gasteiger partial charge in [-0.1, -0.05) is 17.7 Å². The fraction of sp³-hybridized carbons (Fsp3) is 0.125. The van der Waals surface area contributed by atoms with E-state index in [1.165, 1.54) is 6.07 Å². The maximum Gasteiger partial charge on any atom is 0.142 e. The van der Waals surface area contributed by atoms with E-state index in [9.17, 15) is 4.39 Å². The molecule has 1 aromatic carbocycles. The summed E-state index contributed by atoms with van der Waals surface area (Å²) in [7, 11) is 1.88. The highest BCUT2D eigenvalue weighted by Crippen LogP contribution is 2.34. The van der Waals surface area contributed by atoms with Crippen LogP contribution in [0.5, 0.6) is 0 Å². The van der Waals surface area contributed by atoms with Gasteiger partial charge >= 0.3 is 0 Å². The monoisotopic (exact) mass is 299 g/mol. The Morgan fingerprint density at radius 2 is 2.05 bits per heavy atom. The zero-order valence-electron chi connectivity index (χ0n) is 11.5. The number of aryl methyl sites for hydroxylation is 1. The van der Waals surface area contributed by atoms with E-state index in [0.29, 0.717) is 11.3 Å². The number of benzene rings is 1. The van der Waals surface area contributed by atoms with Crippen LogP contribution >= 0.6 is 11.6 Å². The molecule has 3 rings (SSSR count). The molecule has 0 unspecified atom stereocenters. The predicted molar refractivity (Wildman–Crippen MR) is 80.6 cm³/mol. The number of hydrogen-bond acceptors (Lipinski definition) is 2. The van der Waals surface area contributed by atoms with E-state index in [0.717, 1.165) is 22.2 Å². The summed E-state index contributed by atoms with van der Waals surface area (Å²) in [5.41, 5.74) is 3.66. The van der Waals surface area contributed by atoms with Gasteiger partial charge < -0.3 is 4.57 Å². The number of nitrogens with zero attached hydrogens (tertiary/aromatic N) is 3. The molecule has 3 nitrogen and oxygen atoms in total. The van der Waals surface area contributed by atoms with E-state index in [-0.39, 0.29) is 5.02 Å². The molecule has 2 heterocycles. The zero-order valence-corrected chi connectivity index (χ0v) is 12.2. The van der Waals surface area contributed by atoms with Crippen LogP contribution < -0.4 is 0 Å². The Morgan fingerprint density at radius 1 is 1.29 bits per heavy atom. The van der Waals surface area contributed by atoms with E-state index in [4.69, 9.17) is 16.9 Å². The van der Waals surface area contributed by atoms with Crippen molar-refractivity contribution in [1.82, 2.24) is 9.55 Å². The van der Waals surface area contributed by atoms with Crippen molar-refractivity contribution in [3.63, 3.8) is 0 Å². The lowest BCUT2D eigenvalue weighted by atomic mass is 10.0. The minimum Gasteiger partial charge on any atom is -0.332 e. The molecule has 3 aromatic rings. The van der Waals surface area contributed by atoms with Crippen LogP contribution in [0.4, 0.5) is 4.39 Å². The molecule has 0 saturated carbocycles. The number of fused-ring (bicyclic) bond motifs is 1. The van der Waals surface area contributed by atoms with Gasteiger partial charge in [-0.2, -0.15) is 5.26 Å². The fourth-order valence-electron chi connectivity index (χ4n) is 2.50. The lowest BCUT2D eigenvalue weighted by Gasteiger charge is -2.04. The summed E-state index contributed by atoms with van der Waals surface area (Å²) in [6.45, 7) is 1.94. The predicted octanol–water partition coefficient (Wildman–Crippen LogP) is 4.21. The second kappa shape index (κ2) is 4.87. The van der Waals surface area contributed by atoms with Crippen LogP contribution in [0.15, 0.2) is 30.3 Å². The SMILES string of the molecule is Cc1c(-c2ccc(Cl)c(F)c2)c2ccc(C#N)nc2n1C. The summed E-state index contributed by atoms with van der Waals surface area (Å²) in [6, 6.07) is 10.3. The lowest BCUT2D eigenvalue weighted by Crippen LogP contribution is -1.93. The van der Waals surface area contributed by atoms with Crippen molar-refractivity contribution < 1.29 is 4.39 Å².